The van der Waals surface area contributed by atoms with Gasteiger partial charge in [-0.15, -0.1) is 0 Å². The van der Waals surface area contributed by atoms with Crippen LogP contribution in [0.2, 0.25) is 25.7 Å². The average Bonchev–Trinajstić information content (AvgIpc) is 2.71. The highest BCUT2D eigenvalue weighted by Gasteiger charge is 2.16. The van der Waals surface area contributed by atoms with Crippen LogP contribution in [0, 0.1) is 0 Å². The first-order chi connectivity index (χ1) is 9.79. The molecule has 7 heteroatoms. The van der Waals surface area contributed by atoms with Gasteiger partial charge in [0.05, 0.1) is 11.1 Å². The van der Waals surface area contributed by atoms with Gasteiger partial charge in [0.25, 0.3) is 0 Å². The highest BCUT2D eigenvalue weighted by atomic mass is 79.9. The summed E-state index contributed by atoms with van der Waals surface area (Å²) in [6.45, 7) is 8.27. The molecule has 0 saturated carbocycles. The largest absolute Gasteiger partial charge is 0.377 e. The maximum Gasteiger partial charge on any atom is 0.163 e. The Labute approximate surface area is 135 Å². The van der Waals surface area contributed by atoms with Crippen molar-refractivity contribution in [1.29, 1.82) is 0 Å². The fourth-order valence-electron chi connectivity index (χ4n) is 2.03. The first-order valence-electron chi connectivity index (χ1n) is 7.06. The van der Waals surface area contributed by atoms with Gasteiger partial charge >= 0.3 is 0 Å². The van der Waals surface area contributed by atoms with Gasteiger partial charge in [-0.25, -0.2) is 9.67 Å². The van der Waals surface area contributed by atoms with Crippen molar-refractivity contribution >= 4 is 40.7 Å². The van der Waals surface area contributed by atoms with Crippen molar-refractivity contribution in [3.63, 3.8) is 0 Å². The Morgan fingerprint density at radius 1 is 1.33 bits per heavy atom. The van der Waals surface area contributed by atoms with Crippen LogP contribution in [0.3, 0.4) is 0 Å². The lowest BCUT2D eigenvalue weighted by Crippen LogP contribution is -2.22. The molecule has 0 atom stereocenters. The number of ether oxygens (including phenoxy) is 1. The van der Waals surface area contributed by atoms with E-state index >= 15 is 0 Å². The summed E-state index contributed by atoms with van der Waals surface area (Å²) in [7, 11) is 2.98. The van der Waals surface area contributed by atoms with Crippen molar-refractivity contribution < 1.29 is 4.74 Å². The number of nitrogens with zero attached hydrogens (tertiary/aromatic N) is 4. The maximum absolute atomic E-state index is 5.78. The molecule has 2 heterocycles. The van der Waals surface area contributed by atoms with Gasteiger partial charge < -0.3 is 9.64 Å². The molecule has 0 radical (unpaired) electrons. The van der Waals surface area contributed by atoms with Gasteiger partial charge in [-0.3, -0.25) is 0 Å². The average molecular weight is 371 g/mol. The maximum atomic E-state index is 5.78. The summed E-state index contributed by atoms with van der Waals surface area (Å²) in [5, 5.41) is 5.52. The molecule has 116 valence electrons. The van der Waals surface area contributed by atoms with Crippen LogP contribution >= 0.6 is 15.9 Å². The summed E-state index contributed by atoms with van der Waals surface area (Å²) >= 11 is 3.53. The van der Waals surface area contributed by atoms with Crippen molar-refractivity contribution in [2.45, 2.75) is 32.4 Å². The third-order valence-corrected chi connectivity index (χ3v) is 5.52. The quantitative estimate of drug-likeness (QED) is 0.575. The summed E-state index contributed by atoms with van der Waals surface area (Å²) in [5.41, 5.74) is 1.95. The Morgan fingerprint density at radius 2 is 2.05 bits per heavy atom. The third kappa shape index (κ3) is 4.05. The molecule has 0 aliphatic rings. The molecule has 0 spiro atoms. The van der Waals surface area contributed by atoms with E-state index in [2.05, 4.69) is 50.6 Å². The van der Waals surface area contributed by atoms with Crippen molar-refractivity contribution in [2.75, 3.05) is 25.6 Å². The van der Waals surface area contributed by atoms with Crippen LogP contribution in [0.1, 0.15) is 0 Å². The predicted octanol–water partition coefficient (Wildman–Crippen LogP) is 3.57. The summed E-state index contributed by atoms with van der Waals surface area (Å²) in [6, 6.07) is 3.15. The SMILES string of the molecule is CN(C)c1ccnc2c1c(Br)nn2COCC[Si](C)(C)C. The zero-order valence-electron chi connectivity index (χ0n) is 13.4. The minimum Gasteiger partial charge on any atom is -0.377 e. The number of fused-ring (bicyclic) bond motifs is 1. The van der Waals surface area contributed by atoms with Gasteiger partial charge in [0.1, 0.15) is 11.3 Å². The highest BCUT2D eigenvalue weighted by molar-refractivity contribution is 9.10. The third-order valence-electron chi connectivity index (χ3n) is 3.26. The number of hydrogen-bond donors (Lipinski definition) is 0. The van der Waals surface area contributed by atoms with E-state index in [9.17, 15) is 0 Å². The van der Waals surface area contributed by atoms with Crippen molar-refractivity contribution in [3.05, 3.63) is 16.9 Å². The molecule has 0 N–H and O–H groups in total. The monoisotopic (exact) mass is 370 g/mol. The Balaban J connectivity index is 2.17. The standard InChI is InChI=1S/C14H23BrN4OSi/c1-18(2)11-6-7-16-14-12(11)13(15)17-19(14)10-20-8-9-21(3,4)5/h6-7H,8-10H2,1-5H3. The Kier molecular flexibility index (Phi) is 5.06. The van der Waals surface area contributed by atoms with Crippen molar-refractivity contribution in [1.82, 2.24) is 14.8 Å². The normalized spacial score (nSPS) is 12.1. The van der Waals surface area contributed by atoms with Crippen LogP contribution in [0.4, 0.5) is 5.69 Å². The van der Waals surface area contributed by atoms with E-state index < -0.39 is 8.07 Å². The minimum absolute atomic E-state index is 0.441. The van der Waals surface area contributed by atoms with E-state index in [1.54, 1.807) is 0 Å². The fraction of sp³-hybridized carbons (Fsp3) is 0.571. The smallest absolute Gasteiger partial charge is 0.163 e. The molecule has 2 rings (SSSR count). The summed E-state index contributed by atoms with van der Waals surface area (Å²) in [5.74, 6) is 0. The fourth-order valence-corrected chi connectivity index (χ4v) is 3.36. The van der Waals surface area contributed by atoms with Crippen LogP contribution < -0.4 is 4.90 Å². The summed E-state index contributed by atoms with van der Waals surface area (Å²) in [6.07, 6.45) is 1.81. The molecule has 0 saturated heterocycles. The summed E-state index contributed by atoms with van der Waals surface area (Å²) < 4.78 is 8.40. The minimum atomic E-state index is -1.05. The molecule has 0 aliphatic carbocycles. The molecular weight excluding hydrogens is 348 g/mol. The summed E-state index contributed by atoms with van der Waals surface area (Å²) in [4.78, 5) is 6.51. The predicted molar refractivity (Wildman–Crippen MR) is 93.7 cm³/mol. The van der Waals surface area contributed by atoms with Crippen molar-refractivity contribution in [3.8, 4) is 0 Å². The van der Waals surface area contributed by atoms with Gasteiger partial charge in [-0.1, -0.05) is 19.6 Å². The number of hydrogen-bond acceptors (Lipinski definition) is 4. The molecule has 0 unspecified atom stereocenters. The van der Waals surface area contributed by atoms with Crippen LogP contribution in [-0.2, 0) is 11.5 Å². The van der Waals surface area contributed by atoms with Crippen LogP contribution in [-0.4, -0.2) is 43.5 Å². The molecular formula is C14H23BrN4OSi. The van der Waals surface area contributed by atoms with Gasteiger partial charge in [0.2, 0.25) is 0 Å². The lowest BCUT2D eigenvalue weighted by atomic mass is 10.3. The number of halogens is 1. The van der Waals surface area contributed by atoms with E-state index in [0.717, 1.165) is 34.0 Å². The van der Waals surface area contributed by atoms with E-state index in [1.807, 2.05) is 31.0 Å². The van der Waals surface area contributed by atoms with E-state index in [4.69, 9.17) is 4.74 Å². The number of aromatic nitrogens is 3. The number of rotatable bonds is 6. The Hall–Kier alpha value is -0.923. The molecule has 5 nitrogen and oxygen atoms in total. The van der Waals surface area contributed by atoms with E-state index in [-0.39, 0.29) is 0 Å². The first-order valence-corrected chi connectivity index (χ1v) is 11.6. The molecule has 0 bridgehead atoms. The lowest BCUT2D eigenvalue weighted by molar-refractivity contribution is 0.0810. The topological polar surface area (TPSA) is 43.2 Å². The molecule has 0 amide bonds. The second kappa shape index (κ2) is 6.45. The first kappa shape index (κ1) is 16.4. The van der Waals surface area contributed by atoms with E-state index in [0.29, 0.717) is 6.73 Å². The highest BCUT2D eigenvalue weighted by Crippen LogP contribution is 2.30. The van der Waals surface area contributed by atoms with Crippen LogP contribution in [0.15, 0.2) is 16.9 Å². The van der Waals surface area contributed by atoms with E-state index in [1.165, 1.54) is 0 Å². The number of anilines is 1. The van der Waals surface area contributed by atoms with Gasteiger partial charge in [0, 0.05) is 35.0 Å². The van der Waals surface area contributed by atoms with Gasteiger partial charge in [-0.2, -0.15) is 5.10 Å². The Morgan fingerprint density at radius 3 is 2.67 bits per heavy atom. The molecule has 0 aliphatic heterocycles. The molecule has 21 heavy (non-hydrogen) atoms. The molecule has 2 aromatic heterocycles. The second-order valence-electron chi connectivity index (χ2n) is 6.56. The Bertz CT molecular complexity index is 621. The van der Waals surface area contributed by atoms with Crippen LogP contribution in [0.5, 0.6) is 0 Å². The molecule has 0 fully saturated rings. The van der Waals surface area contributed by atoms with Crippen LogP contribution in [0.25, 0.3) is 11.0 Å². The van der Waals surface area contributed by atoms with Crippen molar-refractivity contribution in [2.24, 2.45) is 0 Å². The second-order valence-corrected chi connectivity index (χ2v) is 12.9. The molecule has 2 aromatic rings. The molecule has 0 aromatic carbocycles. The number of pyridine rings is 1. The van der Waals surface area contributed by atoms with Gasteiger partial charge in [-0.05, 0) is 28.0 Å². The zero-order valence-corrected chi connectivity index (χ0v) is 15.9. The zero-order chi connectivity index (χ0) is 15.6. The lowest BCUT2D eigenvalue weighted by Gasteiger charge is -2.15. The van der Waals surface area contributed by atoms with Gasteiger partial charge in [0.15, 0.2) is 5.65 Å².